The number of aryl methyl sites for hydroxylation is 1. The van der Waals surface area contributed by atoms with Gasteiger partial charge in [-0.3, -0.25) is 0 Å². The number of halogens is 1. The van der Waals surface area contributed by atoms with Crippen LogP contribution < -0.4 is 0 Å². The number of rotatable bonds is 6. The topological polar surface area (TPSA) is 39.9 Å². The van der Waals surface area contributed by atoms with Gasteiger partial charge >= 0.3 is 0 Å². The van der Waals surface area contributed by atoms with Crippen LogP contribution in [0.3, 0.4) is 0 Å². The molecule has 0 N–H and O–H groups in total. The van der Waals surface area contributed by atoms with Crippen molar-refractivity contribution in [3.05, 3.63) is 23.7 Å². The minimum Gasteiger partial charge on any atom is -0.380 e. The van der Waals surface area contributed by atoms with Crippen molar-refractivity contribution >= 4 is 22.8 Å². The average molecular weight is 310 g/mol. The maximum Gasteiger partial charge on any atom is 0.160 e. The van der Waals surface area contributed by atoms with Crippen molar-refractivity contribution in [2.45, 2.75) is 46.0 Å². The number of aromatic nitrogens is 3. The van der Waals surface area contributed by atoms with E-state index in [-0.39, 0.29) is 11.4 Å². The molecule has 0 bridgehead atoms. The van der Waals surface area contributed by atoms with Crippen LogP contribution in [0.4, 0.5) is 0 Å². The van der Waals surface area contributed by atoms with Gasteiger partial charge in [0.25, 0.3) is 0 Å². The maximum absolute atomic E-state index is 6.35. The monoisotopic (exact) mass is 309 g/mol. The Hall–Kier alpha value is -1.13. The summed E-state index contributed by atoms with van der Waals surface area (Å²) >= 11 is 6.35. The second-order valence-electron chi connectivity index (χ2n) is 5.78. The number of alkyl halides is 1. The highest BCUT2D eigenvalue weighted by molar-refractivity contribution is 6.20. The summed E-state index contributed by atoms with van der Waals surface area (Å²) in [5.74, 6) is 1.27. The first-order chi connectivity index (χ1) is 9.95. The Morgan fingerprint density at radius 3 is 2.62 bits per heavy atom. The molecule has 2 aromatic heterocycles. The average Bonchev–Trinajstić information content (AvgIpc) is 2.77. The molecule has 21 heavy (non-hydrogen) atoms. The number of pyridine rings is 1. The van der Waals surface area contributed by atoms with Crippen molar-refractivity contribution in [1.82, 2.24) is 14.5 Å². The van der Waals surface area contributed by atoms with E-state index in [1.165, 1.54) is 0 Å². The van der Waals surface area contributed by atoms with Gasteiger partial charge in [0.1, 0.15) is 11.3 Å². The highest BCUT2D eigenvalue weighted by Crippen LogP contribution is 2.30. The number of fused-ring (bicyclic) bond motifs is 1. The van der Waals surface area contributed by atoms with Gasteiger partial charge in [-0.1, -0.05) is 13.8 Å². The van der Waals surface area contributed by atoms with Crippen molar-refractivity contribution in [2.24, 2.45) is 5.92 Å². The van der Waals surface area contributed by atoms with Gasteiger partial charge in [-0.25, -0.2) is 9.97 Å². The van der Waals surface area contributed by atoms with E-state index in [9.17, 15) is 0 Å². The molecule has 4 nitrogen and oxygen atoms in total. The minimum atomic E-state index is -0.164. The van der Waals surface area contributed by atoms with Gasteiger partial charge in [-0.15, -0.1) is 11.6 Å². The lowest BCUT2D eigenvalue weighted by Crippen LogP contribution is -2.23. The Morgan fingerprint density at radius 1 is 1.33 bits per heavy atom. The zero-order chi connectivity index (χ0) is 15.6. The number of imidazole rings is 1. The number of nitrogens with zero attached hydrogens (tertiary/aromatic N) is 3. The van der Waals surface area contributed by atoms with Crippen LogP contribution in [-0.2, 0) is 4.74 Å². The molecular weight excluding hydrogens is 286 g/mol. The maximum atomic E-state index is 6.35. The smallest absolute Gasteiger partial charge is 0.160 e. The fourth-order valence-corrected chi connectivity index (χ4v) is 2.67. The third-order valence-electron chi connectivity index (χ3n) is 3.64. The lowest BCUT2D eigenvalue weighted by atomic mass is 10.0. The standard InChI is InChI=1S/C16H24ClN3O/c1-6-21-9-14(10(2)3)20-15(12(5)17)19-13-7-11(4)8-18-16(13)20/h7-8,10,12,14H,6,9H2,1-5H3. The first-order valence-corrected chi connectivity index (χ1v) is 7.95. The molecule has 0 fully saturated rings. The van der Waals surface area contributed by atoms with Gasteiger partial charge in [-0.2, -0.15) is 0 Å². The third kappa shape index (κ3) is 3.38. The van der Waals surface area contributed by atoms with E-state index >= 15 is 0 Å². The minimum absolute atomic E-state index is 0.164. The van der Waals surface area contributed by atoms with Gasteiger partial charge in [0.2, 0.25) is 0 Å². The Labute approximate surface area is 131 Å². The predicted octanol–water partition coefficient (Wildman–Crippen LogP) is 4.27. The van der Waals surface area contributed by atoms with E-state index in [1.807, 2.05) is 27.0 Å². The molecule has 0 aliphatic carbocycles. The van der Waals surface area contributed by atoms with E-state index in [2.05, 4.69) is 29.5 Å². The third-order valence-corrected chi connectivity index (χ3v) is 3.84. The van der Waals surface area contributed by atoms with Gasteiger partial charge in [0.15, 0.2) is 5.65 Å². The van der Waals surface area contributed by atoms with Crippen LogP contribution in [0.1, 0.15) is 50.5 Å². The Morgan fingerprint density at radius 2 is 2.05 bits per heavy atom. The van der Waals surface area contributed by atoms with Crippen LogP contribution in [0.25, 0.3) is 11.2 Å². The number of hydrogen-bond acceptors (Lipinski definition) is 3. The van der Waals surface area contributed by atoms with Crippen LogP contribution in [0.2, 0.25) is 0 Å². The molecule has 0 aromatic carbocycles. The van der Waals surface area contributed by atoms with Crippen LogP contribution in [-0.4, -0.2) is 27.7 Å². The molecule has 0 aliphatic rings. The second kappa shape index (κ2) is 6.75. The first kappa shape index (κ1) is 16.2. The molecule has 0 aliphatic heterocycles. The Bertz CT molecular complexity index is 607. The second-order valence-corrected chi connectivity index (χ2v) is 6.44. The SMILES string of the molecule is CCOCC(C(C)C)n1c(C(C)Cl)nc2cc(C)cnc21. The zero-order valence-corrected chi connectivity index (χ0v) is 14.2. The van der Waals surface area contributed by atoms with Gasteiger partial charge < -0.3 is 9.30 Å². The lowest BCUT2D eigenvalue weighted by molar-refractivity contribution is 0.0966. The Kier molecular flexibility index (Phi) is 5.22. The van der Waals surface area contributed by atoms with Gasteiger partial charge in [-0.05, 0) is 38.3 Å². The molecule has 2 rings (SSSR count). The molecule has 2 unspecified atom stereocenters. The van der Waals surface area contributed by atoms with Crippen LogP contribution in [0.15, 0.2) is 12.3 Å². The largest absolute Gasteiger partial charge is 0.380 e. The van der Waals surface area contributed by atoms with Crippen LogP contribution in [0, 0.1) is 12.8 Å². The zero-order valence-electron chi connectivity index (χ0n) is 13.4. The normalized spacial score (nSPS) is 14.8. The van der Waals surface area contributed by atoms with Gasteiger partial charge in [0, 0.05) is 12.8 Å². The lowest BCUT2D eigenvalue weighted by Gasteiger charge is -2.25. The van der Waals surface area contributed by atoms with E-state index in [1.54, 1.807) is 0 Å². The molecule has 0 saturated carbocycles. The highest BCUT2D eigenvalue weighted by Gasteiger charge is 2.25. The van der Waals surface area contributed by atoms with Crippen molar-refractivity contribution < 1.29 is 4.74 Å². The predicted molar refractivity (Wildman–Crippen MR) is 86.9 cm³/mol. The van der Waals surface area contributed by atoms with E-state index in [4.69, 9.17) is 21.3 Å². The quantitative estimate of drug-likeness (QED) is 0.748. The summed E-state index contributed by atoms with van der Waals surface area (Å²) in [6.45, 7) is 11.7. The summed E-state index contributed by atoms with van der Waals surface area (Å²) in [5, 5.41) is -0.164. The molecular formula is C16H24ClN3O. The molecule has 0 amide bonds. The van der Waals surface area contributed by atoms with Crippen molar-refractivity contribution in [3.8, 4) is 0 Å². The summed E-state index contributed by atoms with van der Waals surface area (Å²) in [6, 6.07) is 2.24. The van der Waals surface area contributed by atoms with E-state index in [0.29, 0.717) is 19.1 Å². The Balaban J connectivity index is 2.59. The number of ether oxygens (including phenoxy) is 1. The van der Waals surface area contributed by atoms with Crippen LogP contribution >= 0.6 is 11.6 Å². The van der Waals surface area contributed by atoms with Crippen molar-refractivity contribution in [2.75, 3.05) is 13.2 Å². The van der Waals surface area contributed by atoms with Gasteiger partial charge in [0.05, 0.1) is 18.0 Å². The molecule has 116 valence electrons. The summed E-state index contributed by atoms with van der Waals surface area (Å²) < 4.78 is 7.83. The molecule has 5 heteroatoms. The highest BCUT2D eigenvalue weighted by atomic mass is 35.5. The number of hydrogen-bond donors (Lipinski definition) is 0. The molecule has 0 spiro atoms. The van der Waals surface area contributed by atoms with E-state index < -0.39 is 0 Å². The summed E-state index contributed by atoms with van der Waals surface area (Å²) in [4.78, 5) is 9.28. The van der Waals surface area contributed by atoms with E-state index in [0.717, 1.165) is 22.6 Å². The fourth-order valence-electron chi connectivity index (χ4n) is 2.51. The summed E-state index contributed by atoms with van der Waals surface area (Å²) in [5.41, 5.74) is 2.90. The first-order valence-electron chi connectivity index (χ1n) is 7.52. The molecule has 2 aromatic rings. The van der Waals surface area contributed by atoms with Crippen LogP contribution in [0.5, 0.6) is 0 Å². The van der Waals surface area contributed by atoms with Crippen molar-refractivity contribution in [3.63, 3.8) is 0 Å². The fraction of sp³-hybridized carbons (Fsp3) is 0.625. The molecule has 2 atom stereocenters. The summed E-state index contributed by atoms with van der Waals surface area (Å²) in [7, 11) is 0. The molecule has 0 radical (unpaired) electrons. The van der Waals surface area contributed by atoms with Crippen molar-refractivity contribution in [1.29, 1.82) is 0 Å². The summed E-state index contributed by atoms with van der Waals surface area (Å²) in [6.07, 6.45) is 1.88. The molecule has 2 heterocycles. The molecule has 0 saturated heterocycles.